The van der Waals surface area contributed by atoms with E-state index in [4.69, 9.17) is 15.3 Å². The van der Waals surface area contributed by atoms with E-state index in [0.717, 1.165) is 0 Å². The molecule has 0 heterocycles. The Morgan fingerprint density at radius 1 is 1.26 bits per heavy atom. The van der Waals surface area contributed by atoms with Gasteiger partial charge in [-0.3, -0.25) is 0 Å². The van der Waals surface area contributed by atoms with E-state index in [0.29, 0.717) is 12.1 Å². The zero-order chi connectivity index (χ0) is 17.1. The standard InChI is InChI=1S/C18H19N3O2/c1-15(2)21(10-6-7-16(13-19)14-20)11-12-23-18(22)17-8-4-3-5-9-17/h3-10,15H,11-12H2,1-2H3/b10-6+. The fourth-order valence-corrected chi connectivity index (χ4v) is 1.76. The van der Waals surface area contributed by atoms with Gasteiger partial charge in [0, 0.05) is 6.04 Å². The van der Waals surface area contributed by atoms with Gasteiger partial charge in [-0.15, -0.1) is 0 Å². The SMILES string of the molecule is CC(C)N(/C=C/C=C(C#N)C#N)CCOC(=O)c1ccccc1. The number of benzene rings is 1. The van der Waals surface area contributed by atoms with Crippen LogP contribution in [0.4, 0.5) is 0 Å². The number of esters is 1. The molecule has 0 aliphatic rings. The number of carbonyl (C=O) groups excluding carboxylic acids is 1. The first-order valence-corrected chi connectivity index (χ1v) is 7.25. The maximum Gasteiger partial charge on any atom is 0.338 e. The van der Waals surface area contributed by atoms with Gasteiger partial charge < -0.3 is 9.64 Å². The molecule has 0 unspecified atom stereocenters. The van der Waals surface area contributed by atoms with Crippen molar-refractivity contribution in [3.8, 4) is 12.1 Å². The van der Waals surface area contributed by atoms with Gasteiger partial charge in [0.1, 0.15) is 24.3 Å². The Labute approximate surface area is 136 Å². The average molecular weight is 309 g/mol. The highest BCUT2D eigenvalue weighted by molar-refractivity contribution is 5.89. The Balaban J connectivity index is 2.53. The third kappa shape index (κ3) is 6.50. The Hall–Kier alpha value is -3.05. The van der Waals surface area contributed by atoms with Gasteiger partial charge >= 0.3 is 5.97 Å². The zero-order valence-electron chi connectivity index (χ0n) is 13.3. The first-order valence-electron chi connectivity index (χ1n) is 7.25. The molecule has 0 N–H and O–H groups in total. The van der Waals surface area contributed by atoms with Crippen LogP contribution < -0.4 is 0 Å². The monoisotopic (exact) mass is 309 g/mol. The fourth-order valence-electron chi connectivity index (χ4n) is 1.76. The molecule has 0 fully saturated rings. The van der Waals surface area contributed by atoms with Crippen LogP contribution in [-0.2, 0) is 4.74 Å². The summed E-state index contributed by atoms with van der Waals surface area (Å²) in [5.41, 5.74) is 0.565. The minimum Gasteiger partial charge on any atom is -0.460 e. The van der Waals surface area contributed by atoms with Crippen LogP contribution in [-0.4, -0.2) is 30.1 Å². The van der Waals surface area contributed by atoms with E-state index >= 15 is 0 Å². The molecular weight excluding hydrogens is 290 g/mol. The van der Waals surface area contributed by atoms with E-state index < -0.39 is 0 Å². The smallest absolute Gasteiger partial charge is 0.338 e. The molecule has 0 spiro atoms. The van der Waals surface area contributed by atoms with Gasteiger partial charge in [0.2, 0.25) is 0 Å². The molecule has 5 nitrogen and oxygen atoms in total. The topological polar surface area (TPSA) is 77.1 Å². The number of hydrogen-bond donors (Lipinski definition) is 0. The molecule has 0 aliphatic heterocycles. The lowest BCUT2D eigenvalue weighted by Crippen LogP contribution is -2.29. The molecule has 1 aromatic carbocycles. The third-order valence-electron chi connectivity index (χ3n) is 3.04. The number of carbonyl (C=O) groups is 1. The van der Waals surface area contributed by atoms with Crippen molar-refractivity contribution in [1.29, 1.82) is 10.5 Å². The zero-order valence-corrected chi connectivity index (χ0v) is 13.3. The minimum absolute atomic E-state index is 0.0421. The molecule has 5 heteroatoms. The Morgan fingerprint density at radius 2 is 1.91 bits per heavy atom. The molecule has 0 bridgehead atoms. The molecule has 0 radical (unpaired) electrons. The first-order chi connectivity index (χ1) is 11.1. The second-order valence-electron chi connectivity index (χ2n) is 4.98. The van der Waals surface area contributed by atoms with Crippen LogP contribution in [0.2, 0.25) is 0 Å². The molecule has 23 heavy (non-hydrogen) atoms. The maximum atomic E-state index is 11.8. The summed E-state index contributed by atoms with van der Waals surface area (Å²) < 4.78 is 5.24. The summed E-state index contributed by atoms with van der Waals surface area (Å²) in [5, 5.41) is 17.3. The maximum absolute atomic E-state index is 11.8. The fraction of sp³-hybridized carbons (Fsp3) is 0.278. The highest BCUT2D eigenvalue weighted by atomic mass is 16.5. The van der Waals surface area contributed by atoms with Crippen molar-refractivity contribution in [2.24, 2.45) is 0 Å². The average Bonchev–Trinajstić information content (AvgIpc) is 2.57. The quantitative estimate of drug-likeness (QED) is 0.439. The van der Waals surface area contributed by atoms with Crippen molar-refractivity contribution in [3.05, 3.63) is 59.8 Å². The van der Waals surface area contributed by atoms with Crippen molar-refractivity contribution in [2.45, 2.75) is 19.9 Å². The molecule has 0 saturated heterocycles. The summed E-state index contributed by atoms with van der Waals surface area (Å²) >= 11 is 0. The van der Waals surface area contributed by atoms with E-state index in [1.165, 1.54) is 6.08 Å². The highest BCUT2D eigenvalue weighted by Crippen LogP contribution is 2.03. The highest BCUT2D eigenvalue weighted by Gasteiger charge is 2.08. The summed E-state index contributed by atoms with van der Waals surface area (Å²) in [7, 11) is 0. The van der Waals surface area contributed by atoms with Gasteiger partial charge in [-0.2, -0.15) is 10.5 Å². The largest absolute Gasteiger partial charge is 0.460 e. The predicted octanol–water partition coefficient (Wildman–Crippen LogP) is 3.04. The van der Waals surface area contributed by atoms with E-state index in [-0.39, 0.29) is 24.2 Å². The van der Waals surface area contributed by atoms with Crippen molar-refractivity contribution in [1.82, 2.24) is 4.90 Å². The van der Waals surface area contributed by atoms with Gasteiger partial charge in [0.25, 0.3) is 0 Å². The Bertz CT molecular complexity index is 633. The van der Waals surface area contributed by atoms with Crippen LogP contribution in [0.5, 0.6) is 0 Å². The summed E-state index contributed by atoms with van der Waals surface area (Å²) in [6, 6.07) is 12.6. The van der Waals surface area contributed by atoms with E-state index in [1.54, 1.807) is 48.7 Å². The molecule has 1 aromatic rings. The molecule has 1 rings (SSSR count). The van der Waals surface area contributed by atoms with Crippen molar-refractivity contribution >= 4 is 5.97 Å². The number of ether oxygens (including phenoxy) is 1. The number of nitrogens with zero attached hydrogens (tertiary/aromatic N) is 3. The minimum atomic E-state index is -0.352. The lowest BCUT2D eigenvalue weighted by Gasteiger charge is -2.24. The number of hydrogen-bond acceptors (Lipinski definition) is 5. The van der Waals surface area contributed by atoms with E-state index in [9.17, 15) is 4.79 Å². The van der Waals surface area contributed by atoms with Crippen LogP contribution >= 0.6 is 0 Å². The Kier molecular flexibility index (Phi) is 7.68. The lowest BCUT2D eigenvalue weighted by molar-refractivity contribution is 0.0470. The molecule has 118 valence electrons. The molecule has 0 amide bonds. The van der Waals surface area contributed by atoms with E-state index in [2.05, 4.69) is 0 Å². The summed E-state index contributed by atoms with van der Waals surface area (Å²) in [4.78, 5) is 13.8. The lowest BCUT2D eigenvalue weighted by atomic mass is 10.2. The third-order valence-corrected chi connectivity index (χ3v) is 3.04. The molecule has 0 aromatic heterocycles. The van der Waals surface area contributed by atoms with Gasteiger partial charge in [-0.25, -0.2) is 4.79 Å². The normalized spacial score (nSPS) is 9.96. The van der Waals surface area contributed by atoms with Crippen molar-refractivity contribution in [3.63, 3.8) is 0 Å². The second-order valence-corrected chi connectivity index (χ2v) is 4.98. The predicted molar refractivity (Wildman–Crippen MR) is 87.0 cm³/mol. The van der Waals surface area contributed by atoms with Gasteiger partial charge in [-0.05, 0) is 44.3 Å². The van der Waals surface area contributed by atoms with Gasteiger partial charge in [-0.1, -0.05) is 18.2 Å². The van der Waals surface area contributed by atoms with Crippen LogP contribution in [0.1, 0.15) is 24.2 Å². The van der Waals surface area contributed by atoms with Crippen molar-refractivity contribution < 1.29 is 9.53 Å². The molecule has 0 aliphatic carbocycles. The van der Waals surface area contributed by atoms with Gasteiger partial charge in [0.15, 0.2) is 0 Å². The van der Waals surface area contributed by atoms with Crippen LogP contribution in [0.15, 0.2) is 54.3 Å². The molecular formula is C18H19N3O2. The Morgan fingerprint density at radius 3 is 2.48 bits per heavy atom. The van der Waals surface area contributed by atoms with Crippen LogP contribution in [0, 0.1) is 22.7 Å². The number of rotatable bonds is 7. The molecule has 0 atom stereocenters. The first kappa shape index (κ1) is 18.0. The number of allylic oxidation sites excluding steroid dienone is 3. The van der Waals surface area contributed by atoms with E-state index in [1.807, 2.05) is 24.8 Å². The van der Waals surface area contributed by atoms with Crippen LogP contribution in [0.3, 0.4) is 0 Å². The van der Waals surface area contributed by atoms with Gasteiger partial charge in [0.05, 0.1) is 12.1 Å². The second kappa shape index (κ2) is 9.81. The molecule has 0 saturated carbocycles. The summed E-state index contributed by atoms with van der Waals surface area (Å²) in [5.74, 6) is -0.352. The summed E-state index contributed by atoms with van der Waals surface area (Å²) in [6.45, 7) is 4.78. The van der Waals surface area contributed by atoms with Crippen molar-refractivity contribution in [2.75, 3.05) is 13.2 Å². The van der Waals surface area contributed by atoms with Crippen LogP contribution in [0.25, 0.3) is 0 Å². The number of nitriles is 2. The summed E-state index contributed by atoms with van der Waals surface area (Å²) in [6.07, 6.45) is 4.86.